The molecule has 2 unspecified atom stereocenters. The van der Waals surface area contributed by atoms with Crippen LogP contribution < -0.4 is 10.6 Å². The molecule has 1 rings (SSSR count). The summed E-state index contributed by atoms with van der Waals surface area (Å²) in [5.41, 5.74) is 0. The summed E-state index contributed by atoms with van der Waals surface area (Å²) in [6, 6.07) is 0.788. The summed E-state index contributed by atoms with van der Waals surface area (Å²) in [7, 11) is 0. The van der Waals surface area contributed by atoms with Gasteiger partial charge in [0.2, 0.25) is 5.91 Å². The van der Waals surface area contributed by atoms with Crippen molar-refractivity contribution in [3.63, 3.8) is 0 Å². The molecule has 0 heterocycles. The molecular weight excluding hydrogens is 200 g/mol. The Morgan fingerprint density at radius 1 is 1.38 bits per heavy atom. The van der Waals surface area contributed by atoms with Crippen LogP contribution in [0.2, 0.25) is 0 Å². The van der Waals surface area contributed by atoms with Gasteiger partial charge in [0.1, 0.15) is 0 Å². The summed E-state index contributed by atoms with van der Waals surface area (Å²) in [5.74, 6) is 0.965. The molecule has 0 spiro atoms. The van der Waals surface area contributed by atoms with Gasteiger partial charge >= 0.3 is 0 Å². The second-order valence-electron chi connectivity index (χ2n) is 5.36. The molecule has 1 aliphatic carbocycles. The number of carbonyl (C=O) groups excluding carboxylic acids is 1. The lowest BCUT2D eigenvalue weighted by atomic mass is 9.81. The molecule has 0 bridgehead atoms. The highest BCUT2D eigenvalue weighted by Gasteiger charge is 2.28. The van der Waals surface area contributed by atoms with Gasteiger partial charge in [0.15, 0.2) is 0 Å². The van der Waals surface area contributed by atoms with Crippen LogP contribution in [-0.4, -0.2) is 24.0 Å². The number of rotatable bonds is 6. The average molecular weight is 226 g/mol. The fourth-order valence-electron chi connectivity index (χ4n) is 2.34. The van der Waals surface area contributed by atoms with Gasteiger partial charge in [-0.3, -0.25) is 4.79 Å². The van der Waals surface area contributed by atoms with Crippen LogP contribution in [-0.2, 0) is 4.79 Å². The van der Waals surface area contributed by atoms with Crippen molar-refractivity contribution in [2.24, 2.45) is 5.92 Å². The van der Waals surface area contributed by atoms with Crippen molar-refractivity contribution in [1.29, 1.82) is 0 Å². The predicted octanol–water partition coefficient (Wildman–Crippen LogP) is 2.07. The van der Waals surface area contributed by atoms with E-state index in [4.69, 9.17) is 0 Å². The summed E-state index contributed by atoms with van der Waals surface area (Å²) in [5, 5.41) is 6.43. The van der Waals surface area contributed by atoms with Crippen molar-refractivity contribution in [1.82, 2.24) is 10.6 Å². The van der Waals surface area contributed by atoms with Crippen LogP contribution in [0, 0.1) is 5.92 Å². The highest BCUT2D eigenvalue weighted by Crippen LogP contribution is 2.26. The molecule has 2 N–H and O–H groups in total. The fraction of sp³-hybridized carbons (Fsp3) is 0.923. The van der Waals surface area contributed by atoms with Crippen molar-refractivity contribution in [3.8, 4) is 0 Å². The molecule has 1 amide bonds. The van der Waals surface area contributed by atoms with Crippen molar-refractivity contribution < 1.29 is 4.79 Å². The minimum absolute atomic E-state index is 0.0585. The van der Waals surface area contributed by atoms with Crippen LogP contribution in [0.4, 0.5) is 0 Å². The van der Waals surface area contributed by atoms with Crippen LogP contribution in [0.5, 0.6) is 0 Å². The van der Waals surface area contributed by atoms with E-state index in [-0.39, 0.29) is 11.9 Å². The molecule has 1 saturated carbocycles. The largest absolute Gasteiger partial charge is 0.352 e. The predicted molar refractivity (Wildman–Crippen MR) is 67.3 cm³/mol. The van der Waals surface area contributed by atoms with Gasteiger partial charge in [-0.2, -0.15) is 0 Å². The van der Waals surface area contributed by atoms with E-state index in [1.807, 2.05) is 6.92 Å². The van der Waals surface area contributed by atoms with Gasteiger partial charge in [-0.05, 0) is 39.0 Å². The Kier molecular flexibility index (Phi) is 5.26. The first-order valence-electron chi connectivity index (χ1n) is 6.59. The van der Waals surface area contributed by atoms with E-state index < -0.39 is 0 Å². The van der Waals surface area contributed by atoms with E-state index in [2.05, 4.69) is 31.4 Å². The first-order chi connectivity index (χ1) is 7.52. The van der Waals surface area contributed by atoms with Gasteiger partial charge in [0.25, 0.3) is 0 Å². The lowest BCUT2D eigenvalue weighted by molar-refractivity contribution is -0.123. The van der Waals surface area contributed by atoms with Gasteiger partial charge in [-0.1, -0.05) is 20.3 Å². The third-order valence-corrected chi connectivity index (χ3v) is 3.36. The number of hydrogen-bond donors (Lipinski definition) is 2. The minimum Gasteiger partial charge on any atom is -0.352 e. The van der Waals surface area contributed by atoms with Gasteiger partial charge in [0, 0.05) is 12.1 Å². The van der Waals surface area contributed by atoms with Gasteiger partial charge in [-0.15, -0.1) is 0 Å². The van der Waals surface area contributed by atoms with E-state index in [1.165, 1.54) is 12.8 Å². The number of amides is 1. The van der Waals surface area contributed by atoms with Crippen LogP contribution in [0.1, 0.15) is 53.4 Å². The maximum absolute atomic E-state index is 11.8. The molecule has 16 heavy (non-hydrogen) atoms. The molecular formula is C13H26N2O. The lowest BCUT2D eigenvalue weighted by Crippen LogP contribution is -2.52. The SMILES string of the molecule is CCCC(C)NC(=O)C(C)NC1CC(C)C1. The van der Waals surface area contributed by atoms with Crippen molar-refractivity contribution in [3.05, 3.63) is 0 Å². The molecule has 0 saturated heterocycles. The van der Waals surface area contributed by atoms with Crippen molar-refractivity contribution in [2.75, 3.05) is 0 Å². The summed E-state index contributed by atoms with van der Waals surface area (Å²) in [6.07, 6.45) is 4.59. The van der Waals surface area contributed by atoms with E-state index in [1.54, 1.807) is 0 Å². The molecule has 3 nitrogen and oxygen atoms in total. The summed E-state index contributed by atoms with van der Waals surface area (Å²) < 4.78 is 0. The Morgan fingerprint density at radius 3 is 2.50 bits per heavy atom. The first kappa shape index (κ1) is 13.5. The Labute approximate surface area is 99.4 Å². The Hall–Kier alpha value is -0.570. The molecule has 94 valence electrons. The van der Waals surface area contributed by atoms with Crippen LogP contribution >= 0.6 is 0 Å². The summed E-state index contributed by atoms with van der Waals surface area (Å²) in [4.78, 5) is 11.8. The lowest BCUT2D eigenvalue weighted by Gasteiger charge is -2.35. The highest BCUT2D eigenvalue weighted by molar-refractivity contribution is 5.81. The zero-order valence-corrected chi connectivity index (χ0v) is 11.0. The molecule has 0 aromatic rings. The third-order valence-electron chi connectivity index (χ3n) is 3.36. The molecule has 3 heteroatoms. The molecule has 2 atom stereocenters. The zero-order chi connectivity index (χ0) is 12.1. The average Bonchev–Trinajstić information content (AvgIpc) is 2.15. The maximum Gasteiger partial charge on any atom is 0.237 e. The second-order valence-corrected chi connectivity index (χ2v) is 5.36. The minimum atomic E-state index is -0.0585. The molecule has 0 aromatic heterocycles. The molecule has 0 aromatic carbocycles. The fourth-order valence-corrected chi connectivity index (χ4v) is 2.34. The first-order valence-corrected chi connectivity index (χ1v) is 6.59. The normalized spacial score (nSPS) is 28.0. The third kappa shape index (κ3) is 4.12. The molecule has 1 aliphatic rings. The van der Waals surface area contributed by atoms with Crippen LogP contribution in [0.3, 0.4) is 0 Å². The summed E-state index contributed by atoms with van der Waals surface area (Å²) in [6.45, 7) is 8.42. The summed E-state index contributed by atoms with van der Waals surface area (Å²) >= 11 is 0. The highest BCUT2D eigenvalue weighted by atomic mass is 16.2. The van der Waals surface area contributed by atoms with Gasteiger partial charge in [0.05, 0.1) is 6.04 Å². The number of nitrogens with one attached hydrogen (secondary N) is 2. The standard InChI is InChI=1S/C13H26N2O/c1-5-6-10(3)14-13(16)11(4)15-12-7-9(2)8-12/h9-12,15H,5-8H2,1-4H3,(H,14,16). The number of hydrogen-bond acceptors (Lipinski definition) is 2. The molecule has 0 aliphatic heterocycles. The maximum atomic E-state index is 11.8. The Morgan fingerprint density at radius 2 is 2.00 bits per heavy atom. The van der Waals surface area contributed by atoms with Crippen molar-refractivity contribution in [2.45, 2.75) is 71.5 Å². The van der Waals surface area contributed by atoms with Crippen LogP contribution in [0.15, 0.2) is 0 Å². The smallest absolute Gasteiger partial charge is 0.237 e. The van der Waals surface area contributed by atoms with Crippen LogP contribution in [0.25, 0.3) is 0 Å². The van der Waals surface area contributed by atoms with E-state index in [9.17, 15) is 4.79 Å². The molecule has 1 fully saturated rings. The van der Waals surface area contributed by atoms with Gasteiger partial charge < -0.3 is 10.6 Å². The Balaban J connectivity index is 2.19. The van der Waals surface area contributed by atoms with Gasteiger partial charge in [-0.25, -0.2) is 0 Å². The van der Waals surface area contributed by atoms with Crippen molar-refractivity contribution >= 4 is 5.91 Å². The number of carbonyl (C=O) groups is 1. The van der Waals surface area contributed by atoms with E-state index in [0.717, 1.165) is 18.8 Å². The topological polar surface area (TPSA) is 41.1 Å². The Bertz CT molecular complexity index is 224. The second kappa shape index (κ2) is 6.24. The van der Waals surface area contributed by atoms with E-state index >= 15 is 0 Å². The quantitative estimate of drug-likeness (QED) is 0.728. The molecule has 0 radical (unpaired) electrons. The zero-order valence-electron chi connectivity index (χ0n) is 11.0. The van der Waals surface area contributed by atoms with E-state index in [0.29, 0.717) is 12.1 Å². The monoisotopic (exact) mass is 226 g/mol.